The molecule has 1 heteroatoms. The zero-order valence-corrected chi connectivity index (χ0v) is 9.98. The normalized spacial score (nSPS) is 9.88. The number of nitriles is 1. The molecule has 0 heterocycles. The van der Waals surface area contributed by atoms with Crippen molar-refractivity contribution < 1.29 is 0 Å². The summed E-state index contributed by atoms with van der Waals surface area (Å²) in [4.78, 5) is 0. The van der Waals surface area contributed by atoms with E-state index in [9.17, 15) is 0 Å². The molecule has 2 aromatic rings. The molecular formula is C16H15N. The highest BCUT2D eigenvalue weighted by molar-refractivity contribution is 5.71. The minimum atomic E-state index is 0.746. The molecule has 0 aliphatic rings. The predicted molar refractivity (Wildman–Crippen MR) is 70.6 cm³/mol. The fraction of sp³-hybridized carbons (Fsp3) is 0.188. The maximum absolute atomic E-state index is 9.15. The van der Waals surface area contributed by atoms with Gasteiger partial charge >= 0.3 is 0 Å². The third-order valence-electron chi connectivity index (χ3n) is 2.83. The van der Waals surface area contributed by atoms with Crippen LogP contribution in [0, 0.1) is 11.3 Å². The van der Waals surface area contributed by atoms with Gasteiger partial charge in [0.1, 0.15) is 0 Å². The van der Waals surface area contributed by atoms with Crippen molar-refractivity contribution in [2.45, 2.75) is 19.8 Å². The SMILES string of the molecule is CCCc1ccc(C#N)c(-c2ccccc2)c1. The van der Waals surface area contributed by atoms with Crippen LogP contribution in [0.1, 0.15) is 24.5 Å². The molecule has 1 nitrogen and oxygen atoms in total. The van der Waals surface area contributed by atoms with E-state index >= 15 is 0 Å². The molecule has 2 rings (SSSR count). The molecule has 84 valence electrons. The largest absolute Gasteiger partial charge is 0.192 e. The first kappa shape index (κ1) is 11.4. The lowest BCUT2D eigenvalue weighted by Gasteiger charge is -2.07. The Morgan fingerprint density at radius 2 is 1.82 bits per heavy atom. The molecule has 0 radical (unpaired) electrons. The third-order valence-corrected chi connectivity index (χ3v) is 2.83. The Kier molecular flexibility index (Phi) is 3.57. The van der Waals surface area contributed by atoms with E-state index < -0.39 is 0 Å². The van der Waals surface area contributed by atoms with Crippen LogP contribution in [0.25, 0.3) is 11.1 Å². The van der Waals surface area contributed by atoms with Gasteiger partial charge in [-0.25, -0.2) is 0 Å². The second-order valence-corrected chi connectivity index (χ2v) is 4.11. The van der Waals surface area contributed by atoms with Crippen LogP contribution >= 0.6 is 0 Å². The summed E-state index contributed by atoms with van der Waals surface area (Å²) in [6, 6.07) is 18.5. The quantitative estimate of drug-likeness (QED) is 0.762. The minimum Gasteiger partial charge on any atom is -0.192 e. The number of rotatable bonds is 3. The lowest BCUT2D eigenvalue weighted by molar-refractivity contribution is 0.922. The first-order valence-electron chi connectivity index (χ1n) is 5.93. The van der Waals surface area contributed by atoms with Crippen LogP contribution in [0.15, 0.2) is 48.5 Å². The molecule has 17 heavy (non-hydrogen) atoms. The maximum atomic E-state index is 9.15. The Labute approximate surface area is 102 Å². The number of hydrogen-bond acceptors (Lipinski definition) is 1. The first-order valence-corrected chi connectivity index (χ1v) is 5.93. The van der Waals surface area contributed by atoms with E-state index in [4.69, 9.17) is 5.26 Å². The number of nitrogens with zero attached hydrogens (tertiary/aromatic N) is 1. The van der Waals surface area contributed by atoms with E-state index in [1.807, 2.05) is 36.4 Å². The highest BCUT2D eigenvalue weighted by atomic mass is 14.2. The molecule has 0 amide bonds. The number of aryl methyl sites for hydroxylation is 1. The average Bonchev–Trinajstić information content (AvgIpc) is 2.40. The molecule has 0 spiro atoms. The Morgan fingerprint density at radius 3 is 2.47 bits per heavy atom. The molecule has 0 unspecified atom stereocenters. The van der Waals surface area contributed by atoms with Gasteiger partial charge in [0.25, 0.3) is 0 Å². The van der Waals surface area contributed by atoms with Crippen molar-refractivity contribution in [1.82, 2.24) is 0 Å². The van der Waals surface area contributed by atoms with E-state index in [2.05, 4.69) is 25.1 Å². The van der Waals surface area contributed by atoms with Crippen LogP contribution < -0.4 is 0 Å². The van der Waals surface area contributed by atoms with Crippen molar-refractivity contribution in [1.29, 1.82) is 5.26 Å². The van der Waals surface area contributed by atoms with E-state index in [-0.39, 0.29) is 0 Å². The Balaban J connectivity index is 2.51. The Morgan fingerprint density at radius 1 is 1.06 bits per heavy atom. The van der Waals surface area contributed by atoms with Gasteiger partial charge < -0.3 is 0 Å². The first-order chi connectivity index (χ1) is 8.35. The summed E-state index contributed by atoms with van der Waals surface area (Å²) in [6.45, 7) is 2.17. The van der Waals surface area contributed by atoms with Crippen LogP contribution in [0.5, 0.6) is 0 Å². The second kappa shape index (κ2) is 5.32. The van der Waals surface area contributed by atoms with Crippen LogP contribution in [-0.2, 0) is 6.42 Å². The number of hydrogen-bond donors (Lipinski definition) is 0. The molecule has 2 aromatic carbocycles. The van der Waals surface area contributed by atoms with Crippen molar-refractivity contribution in [3.05, 3.63) is 59.7 Å². The lowest BCUT2D eigenvalue weighted by Crippen LogP contribution is -1.89. The summed E-state index contributed by atoms with van der Waals surface area (Å²) in [7, 11) is 0. The van der Waals surface area contributed by atoms with Gasteiger partial charge in [0.2, 0.25) is 0 Å². The average molecular weight is 221 g/mol. The van der Waals surface area contributed by atoms with Gasteiger partial charge in [-0.2, -0.15) is 5.26 Å². The predicted octanol–water partition coefficient (Wildman–Crippen LogP) is 4.18. The van der Waals surface area contributed by atoms with Gasteiger partial charge in [0, 0.05) is 0 Å². The van der Waals surface area contributed by atoms with Crippen LogP contribution in [0.4, 0.5) is 0 Å². The summed E-state index contributed by atoms with van der Waals surface area (Å²) in [5.41, 5.74) is 4.20. The molecular weight excluding hydrogens is 206 g/mol. The summed E-state index contributed by atoms with van der Waals surface area (Å²) in [6.07, 6.45) is 2.19. The summed E-state index contributed by atoms with van der Waals surface area (Å²) < 4.78 is 0. The van der Waals surface area contributed by atoms with Gasteiger partial charge in [0.05, 0.1) is 11.6 Å². The fourth-order valence-corrected chi connectivity index (χ4v) is 1.99. The van der Waals surface area contributed by atoms with Crippen molar-refractivity contribution in [3.8, 4) is 17.2 Å². The van der Waals surface area contributed by atoms with Gasteiger partial charge in [-0.3, -0.25) is 0 Å². The molecule has 0 aromatic heterocycles. The molecule has 0 atom stereocenters. The molecule has 0 N–H and O–H groups in total. The molecule has 0 aliphatic carbocycles. The summed E-state index contributed by atoms with van der Waals surface area (Å²) in [5, 5.41) is 9.15. The summed E-state index contributed by atoms with van der Waals surface area (Å²) in [5.74, 6) is 0. The van der Waals surface area contributed by atoms with Crippen LogP contribution in [-0.4, -0.2) is 0 Å². The Hall–Kier alpha value is -2.07. The third kappa shape index (κ3) is 2.54. The van der Waals surface area contributed by atoms with Gasteiger partial charge in [0.15, 0.2) is 0 Å². The second-order valence-electron chi connectivity index (χ2n) is 4.11. The van der Waals surface area contributed by atoms with Crippen LogP contribution in [0.2, 0.25) is 0 Å². The Bertz CT molecular complexity index is 535. The molecule has 0 bridgehead atoms. The molecule has 0 aliphatic heterocycles. The molecule has 0 fully saturated rings. The standard InChI is InChI=1S/C16H15N/c1-2-6-13-9-10-15(12-17)16(11-13)14-7-4-3-5-8-14/h3-5,7-11H,2,6H2,1H3. The zero-order valence-electron chi connectivity index (χ0n) is 9.98. The van der Waals surface area contributed by atoms with Crippen molar-refractivity contribution >= 4 is 0 Å². The van der Waals surface area contributed by atoms with Crippen molar-refractivity contribution in [2.24, 2.45) is 0 Å². The van der Waals surface area contributed by atoms with E-state index in [0.29, 0.717) is 0 Å². The highest BCUT2D eigenvalue weighted by Gasteiger charge is 2.05. The monoisotopic (exact) mass is 221 g/mol. The molecule has 0 saturated heterocycles. The van der Waals surface area contributed by atoms with E-state index in [0.717, 1.165) is 29.5 Å². The highest BCUT2D eigenvalue weighted by Crippen LogP contribution is 2.24. The van der Waals surface area contributed by atoms with Gasteiger partial charge in [-0.05, 0) is 35.2 Å². The summed E-state index contributed by atoms with van der Waals surface area (Å²) >= 11 is 0. The fourth-order valence-electron chi connectivity index (χ4n) is 1.99. The van der Waals surface area contributed by atoms with Gasteiger partial charge in [-0.1, -0.05) is 49.7 Å². The lowest BCUT2D eigenvalue weighted by atomic mass is 9.96. The smallest absolute Gasteiger partial charge is 0.0998 e. The van der Waals surface area contributed by atoms with E-state index in [1.54, 1.807) is 0 Å². The van der Waals surface area contributed by atoms with Crippen molar-refractivity contribution in [3.63, 3.8) is 0 Å². The van der Waals surface area contributed by atoms with Crippen molar-refractivity contribution in [2.75, 3.05) is 0 Å². The molecule has 0 saturated carbocycles. The zero-order chi connectivity index (χ0) is 12.1. The van der Waals surface area contributed by atoms with E-state index in [1.165, 1.54) is 5.56 Å². The van der Waals surface area contributed by atoms with Crippen LogP contribution in [0.3, 0.4) is 0 Å². The van der Waals surface area contributed by atoms with Gasteiger partial charge in [-0.15, -0.1) is 0 Å². The minimum absolute atomic E-state index is 0.746. The maximum Gasteiger partial charge on any atom is 0.0998 e. The topological polar surface area (TPSA) is 23.8 Å². The number of benzene rings is 2.